The topological polar surface area (TPSA) is 29.5 Å². The highest BCUT2D eigenvalue weighted by Gasteiger charge is 2.05. The third kappa shape index (κ3) is 12.0. The van der Waals surface area contributed by atoms with Gasteiger partial charge in [-0.1, -0.05) is 52.5 Å². The maximum absolute atomic E-state index is 11.0. The zero-order valence-corrected chi connectivity index (χ0v) is 12.8. The van der Waals surface area contributed by atoms with Gasteiger partial charge in [-0.15, -0.1) is 0 Å². The van der Waals surface area contributed by atoms with Crippen LogP contribution in [0.4, 0.5) is 0 Å². The quantitative estimate of drug-likeness (QED) is 0.289. The SMILES string of the molecule is C=CC(=O)OCCN(CCCCC)CCCCCC. The minimum atomic E-state index is -0.320. The van der Waals surface area contributed by atoms with Crippen molar-refractivity contribution in [2.45, 2.75) is 58.8 Å². The van der Waals surface area contributed by atoms with Gasteiger partial charge in [0.05, 0.1) is 0 Å². The number of hydrogen-bond donors (Lipinski definition) is 0. The van der Waals surface area contributed by atoms with Gasteiger partial charge in [-0.05, 0) is 25.9 Å². The van der Waals surface area contributed by atoms with E-state index in [9.17, 15) is 4.79 Å². The van der Waals surface area contributed by atoms with E-state index in [0.717, 1.165) is 19.6 Å². The van der Waals surface area contributed by atoms with E-state index >= 15 is 0 Å². The predicted molar refractivity (Wildman–Crippen MR) is 81.3 cm³/mol. The van der Waals surface area contributed by atoms with Crippen LogP contribution in [-0.4, -0.2) is 37.1 Å². The smallest absolute Gasteiger partial charge is 0.330 e. The molecular formula is C16H31NO2. The highest BCUT2D eigenvalue weighted by atomic mass is 16.5. The first kappa shape index (κ1) is 18.2. The first-order chi connectivity index (χ1) is 9.24. The van der Waals surface area contributed by atoms with Crippen LogP contribution < -0.4 is 0 Å². The molecule has 0 saturated heterocycles. The lowest BCUT2D eigenvalue weighted by Gasteiger charge is -2.21. The molecule has 0 aromatic rings. The van der Waals surface area contributed by atoms with Crippen molar-refractivity contribution in [1.29, 1.82) is 0 Å². The van der Waals surface area contributed by atoms with E-state index < -0.39 is 0 Å². The molecule has 0 unspecified atom stereocenters. The largest absolute Gasteiger partial charge is 0.461 e. The first-order valence-electron chi connectivity index (χ1n) is 7.76. The Hall–Kier alpha value is -0.830. The summed E-state index contributed by atoms with van der Waals surface area (Å²) >= 11 is 0. The molecule has 19 heavy (non-hydrogen) atoms. The van der Waals surface area contributed by atoms with Crippen molar-refractivity contribution in [2.75, 3.05) is 26.2 Å². The van der Waals surface area contributed by atoms with Crippen LogP contribution in [0.25, 0.3) is 0 Å². The maximum atomic E-state index is 11.0. The van der Waals surface area contributed by atoms with Gasteiger partial charge < -0.3 is 4.74 Å². The van der Waals surface area contributed by atoms with Gasteiger partial charge >= 0.3 is 5.97 Å². The molecule has 0 aliphatic heterocycles. The summed E-state index contributed by atoms with van der Waals surface area (Å²) in [6, 6.07) is 0. The van der Waals surface area contributed by atoms with Gasteiger partial charge in [-0.25, -0.2) is 4.79 Å². The molecule has 112 valence electrons. The van der Waals surface area contributed by atoms with E-state index in [4.69, 9.17) is 4.74 Å². The van der Waals surface area contributed by atoms with Crippen LogP contribution in [0.3, 0.4) is 0 Å². The van der Waals surface area contributed by atoms with Gasteiger partial charge in [0.25, 0.3) is 0 Å². The molecule has 0 aliphatic carbocycles. The maximum Gasteiger partial charge on any atom is 0.330 e. The average Bonchev–Trinajstić information content (AvgIpc) is 2.42. The van der Waals surface area contributed by atoms with Gasteiger partial charge in [0.2, 0.25) is 0 Å². The minimum Gasteiger partial charge on any atom is -0.461 e. The standard InChI is InChI=1S/C16H31NO2/c1-4-7-9-11-13-17(12-10-8-5-2)14-15-19-16(18)6-3/h6H,3-5,7-15H2,1-2H3. The van der Waals surface area contributed by atoms with Gasteiger partial charge in [0.1, 0.15) is 6.61 Å². The molecule has 0 saturated carbocycles. The molecule has 0 heterocycles. The van der Waals surface area contributed by atoms with Crippen LogP contribution in [0.5, 0.6) is 0 Å². The lowest BCUT2D eigenvalue weighted by Crippen LogP contribution is -2.30. The van der Waals surface area contributed by atoms with Gasteiger partial charge in [0, 0.05) is 12.6 Å². The molecule has 0 atom stereocenters. The molecule has 0 spiro atoms. The van der Waals surface area contributed by atoms with Crippen molar-refractivity contribution in [2.24, 2.45) is 0 Å². The molecule has 0 bridgehead atoms. The second-order valence-corrected chi connectivity index (χ2v) is 4.98. The summed E-state index contributed by atoms with van der Waals surface area (Å²) in [5.74, 6) is -0.320. The number of ether oxygens (including phenoxy) is 1. The monoisotopic (exact) mass is 269 g/mol. The van der Waals surface area contributed by atoms with Crippen LogP contribution >= 0.6 is 0 Å². The number of hydrogen-bond acceptors (Lipinski definition) is 3. The van der Waals surface area contributed by atoms with Crippen LogP contribution in [0.1, 0.15) is 58.8 Å². The number of carbonyl (C=O) groups excluding carboxylic acids is 1. The summed E-state index contributed by atoms with van der Waals surface area (Å²) in [7, 11) is 0. The number of unbranched alkanes of at least 4 members (excludes halogenated alkanes) is 5. The summed E-state index contributed by atoms with van der Waals surface area (Å²) < 4.78 is 5.06. The Kier molecular flexibility index (Phi) is 13.0. The van der Waals surface area contributed by atoms with Crippen LogP contribution in [0, 0.1) is 0 Å². The Morgan fingerprint density at radius 2 is 1.58 bits per heavy atom. The summed E-state index contributed by atoms with van der Waals surface area (Å²) in [6.45, 7) is 11.4. The van der Waals surface area contributed by atoms with E-state index in [1.54, 1.807) is 0 Å². The van der Waals surface area contributed by atoms with E-state index in [2.05, 4.69) is 25.3 Å². The third-order valence-electron chi connectivity index (χ3n) is 3.22. The average molecular weight is 269 g/mol. The molecule has 0 fully saturated rings. The molecule has 3 heteroatoms. The molecule has 0 aromatic carbocycles. The van der Waals surface area contributed by atoms with Crippen molar-refractivity contribution >= 4 is 5.97 Å². The molecule has 0 rings (SSSR count). The lowest BCUT2D eigenvalue weighted by molar-refractivity contribution is -0.138. The van der Waals surface area contributed by atoms with Crippen LogP contribution in [0.2, 0.25) is 0 Å². The number of rotatable bonds is 13. The van der Waals surface area contributed by atoms with Gasteiger partial charge in [-0.3, -0.25) is 4.90 Å². The fourth-order valence-electron chi connectivity index (χ4n) is 2.02. The van der Waals surface area contributed by atoms with E-state index in [0.29, 0.717) is 6.61 Å². The molecular weight excluding hydrogens is 238 g/mol. The van der Waals surface area contributed by atoms with Crippen molar-refractivity contribution in [3.05, 3.63) is 12.7 Å². The molecule has 0 aliphatic rings. The van der Waals surface area contributed by atoms with Crippen LogP contribution in [0.15, 0.2) is 12.7 Å². The molecule has 0 aromatic heterocycles. The highest BCUT2D eigenvalue weighted by Crippen LogP contribution is 2.04. The third-order valence-corrected chi connectivity index (χ3v) is 3.22. The molecule has 0 amide bonds. The number of nitrogens with zero attached hydrogens (tertiary/aromatic N) is 1. The molecule has 3 nitrogen and oxygen atoms in total. The van der Waals surface area contributed by atoms with Crippen molar-refractivity contribution in [3.8, 4) is 0 Å². The predicted octanol–water partition coefficient (Wildman–Crippen LogP) is 3.79. The fraction of sp³-hybridized carbons (Fsp3) is 0.812. The number of carbonyl (C=O) groups is 1. The zero-order valence-electron chi connectivity index (χ0n) is 12.8. The fourth-order valence-corrected chi connectivity index (χ4v) is 2.02. The van der Waals surface area contributed by atoms with Crippen molar-refractivity contribution in [1.82, 2.24) is 4.90 Å². The second kappa shape index (κ2) is 13.6. The van der Waals surface area contributed by atoms with Crippen LogP contribution in [-0.2, 0) is 9.53 Å². The van der Waals surface area contributed by atoms with Gasteiger partial charge in [-0.2, -0.15) is 0 Å². The van der Waals surface area contributed by atoms with E-state index in [-0.39, 0.29) is 5.97 Å². The zero-order chi connectivity index (χ0) is 14.3. The summed E-state index contributed by atoms with van der Waals surface area (Å²) in [4.78, 5) is 13.4. The van der Waals surface area contributed by atoms with E-state index in [1.807, 2.05) is 0 Å². The Morgan fingerprint density at radius 3 is 2.16 bits per heavy atom. The lowest BCUT2D eigenvalue weighted by atomic mass is 10.2. The first-order valence-corrected chi connectivity index (χ1v) is 7.76. The Morgan fingerprint density at radius 1 is 1.00 bits per heavy atom. The van der Waals surface area contributed by atoms with E-state index in [1.165, 1.54) is 51.0 Å². The van der Waals surface area contributed by atoms with Crippen molar-refractivity contribution in [3.63, 3.8) is 0 Å². The number of esters is 1. The summed E-state index contributed by atoms with van der Waals surface area (Å²) in [5, 5.41) is 0. The minimum absolute atomic E-state index is 0.320. The Balaban J connectivity index is 3.81. The molecule has 0 radical (unpaired) electrons. The normalized spacial score (nSPS) is 10.7. The van der Waals surface area contributed by atoms with Gasteiger partial charge in [0.15, 0.2) is 0 Å². The Labute approximate surface area is 119 Å². The second-order valence-electron chi connectivity index (χ2n) is 4.98. The highest BCUT2D eigenvalue weighted by molar-refractivity contribution is 5.81. The summed E-state index contributed by atoms with van der Waals surface area (Å²) in [6.07, 6.45) is 10.1. The molecule has 0 N–H and O–H groups in total. The van der Waals surface area contributed by atoms with Crippen molar-refractivity contribution < 1.29 is 9.53 Å². The Bertz CT molecular complexity index is 229. The summed E-state index contributed by atoms with van der Waals surface area (Å²) in [5.41, 5.74) is 0.